The normalized spacial score (nSPS) is 17.6. The Bertz CT molecular complexity index is 520. The molecule has 1 amide bonds. The van der Waals surface area contributed by atoms with Crippen molar-refractivity contribution in [3.05, 3.63) is 33.6 Å². The number of halogens is 3. The van der Waals surface area contributed by atoms with E-state index in [1.807, 2.05) is 6.92 Å². The third kappa shape index (κ3) is 3.84. The first kappa shape index (κ1) is 15.5. The molecule has 1 aromatic rings. The second kappa shape index (κ2) is 6.29. The Morgan fingerprint density at radius 2 is 1.95 bits per heavy atom. The van der Waals surface area contributed by atoms with Crippen LogP contribution in [0, 0.1) is 5.82 Å². The molecule has 0 heterocycles. The van der Waals surface area contributed by atoms with Crippen molar-refractivity contribution >= 4 is 29.1 Å². The maximum Gasteiger partial charge on any atom is 0.237 e. The van der Waals surface area contributed by atoms with Gasteiger partial charge in [-0.2, -0.15) is 0 Å². The molecule has 0 bridgehead atoms. The molecule has 110 valence electrons. The zero-order chi connectivity index (χ0) is 14.9. The van der Waals surface area contributed by atoms with Gasteiger partial charge in [0.15, 0.2) is 0 Å². The highest BCUT2D eigenvalue weighted by Gasteiger charge is 2.26. The highest BCUT2D eigenvalue weighted by Crippen LogP contribution is 2.28. The van der Waals surface area contributed by atoms with Crippen molar-refractivity contribution in [2.75, 3.05) is 0 Å². The Morgan fingerprint density at radius 3 is 2.55 bits per heavy atom. The number of amides is 1. The van der Waals surface area contributed by atoms with E-state index in [0.717, 1.165) is 12.8 Å². The third-order valence-corrected chi connectivity index (χ3v) is 3.94. The Kier molecular flexibility index (Phi) is 4.89. The Morgan fingerprint density at radius 1 is 1.30 bits per heavy atom. The summed E-state index contributed by atoms with van der Waals surface area (Å²) in [6, 6.07) is 2.36. The van der Waals surface area contributed by atoms with Gasteiger partial charge in [0.2, 0.25) is 5.91 Å². The SMILES string of the molecule is C[C@H](N[C@H](C)c1cc(F)c(Cl)cc1Cl)C(=O)NC1CC1. The van der Waals surface area contributed by atoms with Crippen molar-refractivity contribution in [1.82, 2.24) is 10.6 Å². The second-order valence-electron chi connectivity index (χ2n) is 5.18. The Labute approximate surface area is 127 Å². The predicted molar refractivity (Wildman–Crippen MR) is 78.6 cm³/mol. The van der Waals surface area contributed by atoms with E-state index < -0.39 is 5.82 Å². The molecule has 0 spiro atoms. The van der Waals surface area contributed by atoms with Crippen LogP contribution in [0.25, 0.3) is 0 Å². The van der Waals surface area contributed by atoms with Crippen LogP contribution in [0.15, 0.2) is 12.1 Å². The molecule has 0 unspecified atom stereocenters. The number of hydrogen-bond donors (Lipinski definition) is 2. The van der Waals surface area contributed by atoms with E-state index in [1.54, 1.807) is 6.92 Å². The van der Waals surface area contributed by atoms with Crippen LogP contribution >= 0.6 is 23.2 Å². The molecule has 3 nitrogen and oxygen atoms in total. The van der Waals surface area contributed by atoms with E-state index in [9.17, 15) is 9.18 Å². The van der Waals surface area contributed by atoms with Crippen LogP contribution in [0.4, 0.5) is 4.39 Å². The van der Waals surface area contributed by atoms with Crippen molar-refractivity contribution < 1.29 is 9.18 Å². The van der Waals surface area contributed by atoms with Gasteiger partial charge in [-0.3, -0.25) is 10.1 Å². The number of hydrogen-bond acceptors (Lipinski definition) is 2. The zero-order valence-corrected chi connectivity index (χ0v) is 12.9. The van der Waals surface area contributed by atoms with Crippen molar-refractivity contribution in [2.24, 2.45) is 0 Å². The summed E-state index contributed by atoms with van der Waals surface area (Å²) in [5.74, 6) is -0.570. The van der Waals surface area contributed by atoms with E-state index in [0.29, 0.717) is 16.6 Å². The fraction of sp³-hybridized carbons (Fsp3) is 0.500. The minimum Gasteiger partial charge on any atom is -0.352 e. The van der Waals surface area contributed by atoms with E-state index >= 15 is 0 Å². The first-order valence-electron chi connectivity index (χ1n) is 6.59. The fourth-order valence-electron chi connectivity index (χ4n) is 1.96. The average Bonchev–Trinajstić information content (AvgIpc) is 3.17. The van der Waals surface area contributed by atoms with E-state index in [1.165, 1.54) is 12.1 Å². The average molecular weight is 319 g/mol. The largest absolute Gasteiger partial charge is 0.352 e. The smallest absolute Gasteiger partial charge is 0.237 e. The first-order valence-corrected chi connectivity index (χ1v) is 7.35. The van der Waals surface area contributed by atoms with Gasteiger partial charge in [-0.15, -0.1) is 0 Å². The Balaban J connectivity index is 2.01. The molecule has 20 heavy (non-hydrogen) atoms. The van der Waals surface area contributed by atoms with E-state index in [-0.39, 0.29) is 23.0 Å². The van der Waals surface area contributed by atoms with Crippen molar-refractivity contribution in [1.29, 1.82) is 0 Å². The summed E-state index contributed by atoms with van der Waals surface area (Å²) in [6.07, 6.45) is 2.09. The fourth-order valence-corrected chi connectivity index (χ4v) is 2.51. The lowest BCUT2D eigenvalue weighted by Crippen LogP contribution is -2.43. The molecule has 1 aromatic carbocycles. The monoisotopic (exact) mass is 318 g/mol. The number of rotatable bonds is 5. The molecule has 2 atom stereocenters. The Hall–Kier alpha value is -0.840. The summed E-state index contributed by atoms with van der Waals surface area (Å²) in [6.45, 7) is 3.60. The maximum absolute atomic E-state index is 13.5. The number of carbonyl (C=O) groups excluding carboxylic acids is 1. The lowest BCUT2D eigenvalue weighted by Gasteiger charge is -2.21. The quantitative estimate of drug-likeness (QED) is 0.816. The van der Waals surface area contributed by atoms with Gasteiger partial charge in [0.05, 0.1) is 11.1 Å². The maximum atomic E-state index is 13.5. The molecule has 1 aliphatic rings. The molecule has 0 aromatic heterocycles. The summed E-state index contributed by atoms with van der Waals surface area (Å²) in [5, 5.41) is 6.40. The van der Waals surface area contributed by atoms with Crippen LogP contribution in [-0.4, -0.2) is 18.0 Å². The summed E-state index contributed by atoms with van der Waals surface area (Å²) in [4.78, 5) is 11.9. The van der Waals surface area contributed by atoms with Crippen LogP contribution in [0.1, 0.15) is 38.3 Å². The van der Waals surface area contributed by atoms with Crippen LogP contribution < -0.4 is 10.6 Å². The van der Waals surface area contributed by atoms with Crippen molar-refractivity contribution in [2.45, 2.75) is 44.8 Å². The summed E-state index contributed by atoms with van der Waals surface area (Å²) >= 11 is 11.7. The standard InChI is InChI=1S/C14H17Cl2FN2O/c1-7(10-5-13(17)12(16)6-11(10)15)18-8(2)14(20)19-9-3-4-9/h5-9,18H,3-4H2,1-2H3,(H,19,20)/t7-,8+/m1/s1. The van der Waals surface area contributed by atoms with Gasteiger partial charge in [-0.25, -0.2) is 4.39 Å². The molecule has 0 saturated heterocycles. The lowest BCUT2D eigenvalue weighted by molar-refractivity contribution is -0.123. The highest BCUT2D eigenvalue weighted by atomic mass is 35.5. The van der Waals surface area contributed by atoms with Crippen molar-refractivity contribution in [3.8, 4) is 0 Å². The van der Waals surface area contributed by atoms with Crippen LogP contribution in [0.3, 0.4) is 0 Å². The van der Waals surface area contributed by atoms with Crippen LogP contribution in [0.2, 0.25) is 10.0 Å². The van der Waals surface area contributed by atoms with Gasteiger partial charge < -0.3 is 5.32 Å². The predicted octanol–water partition coefficient (Wildman–Crippen LogP) is 3.45. The lowest BCUT2D eigenvalue weighted by atomic mass is 10.1. The number of nitrogens with one attached hydrogen (secondary N) is 2. The van der Waals surface area contributed by atoms with Gasteiger partial charge in [-0.1, -0.05) is 23.2 Å². The molecule has 1 aliphatic carbocycles. The van der Waals surface area contributed by atoms with Gasteiger partial charge in [0.25, 0.3) is 0 Å². The second-order valence-corrected chi connectivity index (χ2v) is 6.00. The molecule has 1 saturated carbocycles. The first-order chi connectivity index (χ1) is 9.38. The summed E-state index contributed by atoms with van der Waals surface area (Å²) in [5.41, 5.74) is 0.583. The van der Waals surface area contributed by atoms with Gasteiger partial charge >= 0.3 is 0 Å². The molecule has 2 rings (SSSR count). The third-order valence-electron chi connectivity index (χ3n) is 3.32. The van der Waals surface area contributed by atoms with E-state index in [4.69, 9.17) is 23.2 Å². The topological polar surface area (TPSA) is 41.1 Å². The zero-order valence-electron chi connectivity index (χ0n) is 11.3. The number of carbonyl (C=O) groups is 1. The molecular weight excluding hydrogens is 302 g/mol. The van der Waals surface area contributed by atoms with Gasteiger partial charge in [0, 0.05) is 17.1 Å². The van der Waals surface area contributed by atoms with Crippen molar-refractivity contribution in [3.63, 3.8) is 0 Å². The molecule has 1 fully saturated rings. The minimum absolute atomic E-state index is 0.00882. The summed E-state index contributed by atoms with van der Waals surface area (Å²) < 4.78 is 13.5. The number of benzene rings is 1. The minimum atomic E-state index is -0.519. The molecule has 0 radical (unpaired) electrons. The van der Waals surface area contributed by atoms with Crippen LogP contribution in [0.5, 0.6) is 0 Å². The molecule has 0 aliphatic heterocycles. The molecular formula is C14H17Cl2FN2O. The van der Waals surface area contributed by atoms with Crippen LogP contribution in [-0.2, 0) is 4.79 Å². The van der Waals surface area contributed by atoms with E-state index in [2.05, 4.69) is 10.6 Å². The molecule has 6 heteroatoms. The van der Waals surface area contributed by atoms with Gasteiger partial charge in [-0.05, 0) is 44.4 Å². The molecule has 2 N–H and O–H groups in total. The highest BCUT2D eigenvalue weighted by molar-refractivity contribution is 6.35. The summed E-state index contributed by atoms with van der Waals surface area (Å²) in [7, 11) is 0. The van der Waals surface area contributed by atoms with Gasteiger partial charge in [0.1, 0.15) is 5.82 Å².